The molecule has 0 spiro atoms. The van der Waals surface area contributed by atoms with Gasteiger partial charge in [-0.15, -0.1) is 0 Å². The fourth-order valence-electron chi connectivity index (χ4n) is 2.34. The Morgan fingerprint density at radius 1 is 1.48 bits per heavy atom. The van der Waals surface area contributed by atoms with Crippen LogP contribution in [-0.4, -0.2) is 52.2 Å². The van der Waals surface area contributed by atoms with Crippen LogP contribution in [0.3, 0.4) is 0 Å². The number of halogens is 1. The fourth-order valence-corrected chi connectivity index (χ4v) is 2.52. The molecule has 0 aliphatic carbocycles. The van der Waals surface area contributed by atoms with Crippen LogP contribution in [0.15, 0.2) is 6.20 Å². The second-order valence-electron chi connectivity index (χ2n) is 6.45. The summed E-state index contributed by atoms with van der Waals surface area (Å²) in [5, 5.41) is 8.93. The summed E-state index contributed by atoms with van der Waals surface area (Å²) in [7, 11) is 0. The Bertz CT molecular complexity index is 638. The number of carbonyl (C=O) groups excluding carboxylic acids is 1. The highest BCUT2D eigenvalue weighted by molar-refractivity contribution is 6.30. The molecule has 0 saturated carbocycles. The molecule has 1 aromatic rings. The van der Waals surface area contributed by atoms with E-state index in [1.165, 1.54) is 6.20 Å². The lowest BCUT2D eigenvalue weighted by molar-refractivity contribution is 0.0158. The lowest BCUT2D eigenvalue weighted by Crippen LogP contribution is -2.55. The van der Waals surface area contributed by atoms with Crippen LogP contribution in [0.5, 0.6) is 0 Å². The van der Waals surface area contributed by atoms with E-state index in [4.69, 9.17) is 21.6 Å². The quantitative estimate of drug-likeness (QED) is 0.782. The number of amides is 1. The predicted octanol–water partition coefficient (Wildman–Crippen LogP) is 2.45. The summed E-state index contributed by atoms with van der Waals surface area (Å²) in [6, 6.07) is 1.85. The first kappa shape index (κ1) is 17.3. The van der Waals surface area contributed by atoms with Crippen molar-refractivity contribution in [3.05, 3.63) is 17.0 Å². The number of aromatic nitrogens is 2. The van der Waals surface area contributed by atoms with Crippen LogP contribution in [-0.2, 0) is 4.74 Å². The van der Waals surface area contributed by atoms with Crippen LogP contribution in [0.1, 0.15) is 33.4 Å². The molecule has 0 radical (unpaired) electrons. The molecule has 2 heterocycles. The summed E-state index contributed by atoms with van der Waals surface area (Å²) in [5.41, 5.74) is -0.407. The van der Waals surface area contributed by atoms with Gasteiger partial charge in [-0.05, 0) is 27.7 Å². The molecule has 2 rings (SSSR count). The van der Waals surface area contributed by atoms with Crippen LogP contribution < -0.4 is 4.90 Å². The minimum atomic E-state index is -0.514. The third-order valence-electron chi connectivity index (χ3n) is 3.40. The molecule has 0 aromatic carbocycles. The average molecular weight is 338 g/mol. The van der Waals surface area contributed by atoms with Crippen molar-refractivity contribution in [2.45, 2.75) is 39.3 Å². The van der Waals surface area contributed by atoms with Crippen LogP contribution in [0.25, 0.3) is 0 Å². The van der Waals surface area contributed by atoms with Gasteiger partial charge < -0.3 is 14.5 Å². The van der Waals surface area contributed by atoms with E-state index >= 15 is 0 Å². The highest BCUT2D eigenvalue weighted by Crippen LogP contribution is 2.21. The second kappa shape index (κ2) is 6.59. The van der Waals surface area contributed by atoms with E-state index in [2.05, 4.69) is 9.97 Å². The minimum absolute atomic E-state index is 0.0326. The molecule has 8 heteroatoms. The topological polar surface area (TPSA) is 82.4 Å². The Balaban J connectivity index is 2.05. The molecular weight excluding hydrogens is 318 g/mol. The number of carbonyl (C=O) groups is 1. The molecule has 1 aliphatic rings. The molecule has 1 aromatic heterocycles. The monoisotopic (exact) mass is 337 g/mol. The Kier molecular flexibility index (Phi) is 4.95. The summed E-state index contributed by atoms with van der Waals surface area (Å²) in [5.74, 6) is 0.602. The summed E-state index contributed by atoms with van der Waals surface area (Å²) in [6.07, 6.45) is 1.22. The lowest BCUT2D eigenvalue weighted by Gasteiger charge is -2.40. The third-order valence-corrected chi connectivity index (χ3v) is 3.67. The van der Waals surface area contributed by atoms with E-state index in [1.54, 1.807) is 4.90 Å². The van der Waals surface area contributed by atoms with Crippen molar-refractivity contribution in [1.82, 2.24) is 14.9 Å². The molecule has 1 amide bonds. The first-order chi connectivity index (χ1) is 10.7. The number of piperazine rings is 1. The van der Waals surface area contributed by atoms with Crippen molar-refractivity contribution in [3.63, 3.8) is 0 Å². The molecule has 1 aliphatic heterocycles. The van der Waals surface area contributed by atoms with Gasteiger partial charge in [-0.1, -0.05) is 11.6 Å². The van der Waals surface area contributed by atoms with Crippen molar-refractivity contribution in [2.75, 3.05) is 24.5 Å². The molecule has 0 N–H and O–H groups in total. The van der Waals surface area contributed by atoms with Gasteiger partial charge in [-0.25, -0.2) is 14.8 Å². The van der Waals surface area contributed by atoms with E-state index < -0.39 is 5.60 Å². The molecular formula is C15H20ClN5O2. The number of rotatable bonds is 1. The number of hydrogen-bond donors (Lipinski definition) is 0. The van der Waals surface area contributed by atoms with Gasteiger partial charge in [0, 0.05) is 25.7 Å². The summed E-state index contributed by atoms with van der Waals surface area (Å²) in [4.78, 5) is 24.1. The molecule has 1 fully saturated rings. The van der Waals surface area contributed by atoms with Gasteiger partial charge in [0.25, 0.3) is 0 Å². The van der Waals surface area contributed by atoms with Crippen molar-refractivity contribution in [1.29, 1.82) is 5.26 Å². The molecule has 1 unspecified atom stereocenters. The maximum Gasteiger partial charge on any atom is 0.410 e. The molecule has 124 valence electrons. The number of anilines is 1. The number of hydrogen-bond acceptors (Lipinski definition) is 6. The summed E-state index contributed by atoms with van der Waals surface area (Å²) in [6.45, 7) is 9.21. The smallest absolute Gasteiger partial charge is 0.410 e. The fraction of sp³-hybridized carbons (Fsp3) is 0.600. The first-order valence-electron chi connectivity index (χ1n) is 7.38. The van der Waals surface area contributed by atoms with Gasteiger partial charge in [0.05, 0.1) is 6.20 Å². The van der Waals surface area contributed by atoms with Gasteiger partial charge in [-0.3, -0.25) is 0 Å². The predicted molar refractivity (Wildman–Crippen MR) is 86.4 cm³/mol. The van der Waals surface area contributed by atoms with Gasteiger partial charge >= 0.3 is 6.09 Å². The van der Waals surface area contributed by atoms with Crippen LogP contribution in [0.4, 0.5) is 10.6 Å². The lowest BCUT2D eigenvalue weighted by atomic mass is 10.2. The Morgan fingerprint density at radius 3 is 2.70 bits per heavy atom. The van der Waals surface area contributed by atoms with Crippen LogP contribution >= 0.6 is 11.6 Å². The largest absolute Gasteiger partial charge is 0.444 e. The van der Waals surface area contributed by atoms with Crippen molar-refractivity contribution >= 4 is 23.5 Å². The first-order valence-corrected chi connectivity index (χ1v) is 7.76. The molecule has 1 atom stereocenters. The van der Waals surface area contributed by atoms with Gasteiger partial charge in [0.2, 0.25) is 0 Å². The minimum Gasteiger partial charge on any atom is -0.444 e. The average Bonchev–Trinajstić information content (AvgIpc) is 2.45. The SMILES string of the molecule is CC1CN(c2cnc(C#N)c(Cl)n2)CCN1C(=O)OC(C)(C)C. The summed E-state index contributed by atoms with van der Waals surface area (Å²) < 4.78 is 5.42. The zero-order chi connectivity index (χ0) is 17.2. The zero-order valence-electron chi connectivity index (χ0n) is 13.7. The number of ether oxygens (including phenoxy) is 1. The van der Waals surface area contributed by atoms with E-state index in [1.807, 2.05) is 38.7 Å². The van der Waals surface area contributed by atoms with Gasteiger partial charge in [0.1, 0.15) is 17.5 Å². The van der Waals surface area contributed by atoms with Crippen molar-refractivity contribution in [3.8, 4) is 6.07 Å². The molecule has 1 saturated heterocycles. The second-order valence-corrected chi connectivity index (χ2v) is 6.81. The Morgan fingerprint density at radius 2 is 2.17 bits per heavy atom. The number of nitrogens with zero attached hydrogens (tertiary/aromatic N) is 5. The van der Waals surface area contributed by atoms with E-state index in [0.717, 1.165) is 0 Å². The van der Waals surface area contributed by atoms with Crippen molar-refractivity contribution < 1.29 is 9.53 Å². The van der Waals surface area contributed by atoms with E-state index in [-0.39, 0.29) is 23.0 Å². The van der Waals surface area contributed by atoms with E-state index in [0.29, 0.717) is 25.5 Å². The van der Waals surface area contributed by atoms with Crippen LogP contribution in [0.2, 0.25) is 5.15 Å². The maximum atomic E-state index is 12.2. The number of nitriles is 1. The standard InChI is InChI=1S/C15H20ClN5O2/c1-10-9-20(12-8-18-11(7-17)13(16)19-12)5-6-21(10)14(22)23-15(2,3)4/h8,10H,5-6,9H2,1-4H3. The van der Waals surface area contributed by atoms with Crippen LogP contribution in [0, 0.1) is 11.3 Å². The van der Waals surface area contributed by atoms with Gasteiger partial charge in [-0.2, -0.15) is 5.26 Å². The Hall–Kier alpha value is -2.07. The normalized spacial score (nSPS) is 18.5. The zero-order valence-corrected chi connectivity index (χ0v) is 14.5. The highest BCUT2D eigenvalue weighted by atomic mass is 35.5. The third kappa shape index (κ3) is 4.23. The highest BCUT2D eigenvalue weighted by Gasteiger charge is 2.31. The van der Waals surface area contributed by atoms with Gasteiger partial charge in [0.15, 0.2) is 10.8 Å². The van der Waals surface area contributed by atoms with E-state index in [9.17, 15) is 4.79 Å². The van der Waals surface area contributed by atoms with Crippen molar-refractivity contribution in [2.24, 2.45) is 0 Å². The Labute approximate surface area is 140 Å². The molecule has 7 nitrogen and oxygen atoms in total. The summed E-state index contributed by atoms with van der Waals surface area (Å²) >= 11 is 5.93. The molecule has 0 bridgehead atoms. The molecule has 23 heavy (non-hydrogen) atoms. The maximum absolute atomic E-state index is 12.2.